The number of carbonyl (C=O) groups excluding carboxylic acids is 1. The van der Waals surface area contributed by atoms with Crippen LogP contribution in [-0.2, 0) is 11.3 Å². The Labute approximate surface area is 83.8 Å². The van der Waals surface area contributed by atoms with E-state index in [0.717, 1.165) is 4.68 Å². The molecule has 78 valence electrons. The van der Waals surface area contributed by atoms with Crippen LogP contribution >= 0.6 is 11.6 Å². The van der Waals surface area contributed by atoms with E-state index < -0.39 is 18.9 Å². The van der Waals surface area contributed by atoms with Gasteiger partial charge in [0.1, 0.15) is 12.4 Å². The highest BCUT2D eigenvalue weighted by Gasteiger charge is 2.06. The molecule has 0 unspecified atom stereocenters. The van der Waals surface area contributed by atoms with Crippen molar-refractivity contribution >= 4 is 23.2 Å². The summed E-state index contributed by atoms with van der Waals surface area (Å²) >= 11 is 5.23. The van der Waals surface area contributed by atoms with Gasteiger partial charge in [-0.1, -0.05) is 0 Å². The Morgan fingerprint density at radius 1 is 1.71 bits per heavy atom. The van der Waals surface area contributed by atoms with E-state index in [2.05, 4.69) is 10.4 Å². The van der Waals surface area contributed by atoms with E-state index in [1.807, 2.05) is 0 Å². The number of nitrogens with zero attached hydrogens (tertiary/aromatic N) is 2. The third-order valence-electron chi connectivity index (χ3n) is 1.36. The van der Waals surface area contributed by atoms with Gasteiger partial charge in [0.2, 0.25) is 5.91 Å². The summed E-state index contributed by atoms with van der Waals surface area (Å²) in [5.74, 6) is -0.580. The van der Waals surface area contributed by atoms with Gasteiger partial charge in [-0.25, -0.2) is 8.78 Å². The summed E-state index contributed by atoms with van der Waals surface area (Å²) in [6, 6.07) is 0. The number of carbonyl (C=O) groups is 1. The molecule has 0 radical (unpaired) electrons. The molecule has 0 aliphatic carbocycles. The van der Waals surface area contributed by atoms with Gasteiger partial charge in [0.15, 0.2) is 0 Å². The minimum absolute atomic E-state index is 0.181. The van der Waals surface area contributed by atoms with Crippen molar-refractivity contribution in [3.8, 4) is 0 Å². The fourth-order valence-electron chi connectivity index (χ4n) is 0.864. The number of anilines is 1. The Morgan fingerprint density at radius 2 is 2.43 bits per heavy atom. The fourth-order valence-corrected chi connectivity index (χ4v) is 0.931. The van der Waals surface area contributed by atoms with Crippen LogP contribution in [0.3, 0.4) is 0 Å². The second-order valence-electron chi connectivity index (χ2n) is 2.52. The maximum atomic E-state index is 11.9. The SMILES string of the molecule is O=C(CCl)Nc1cnn(CC(F)F)c1. The smallest absolute Gasteiger partial charge is 0.257 e. The van der Waals surface area contributed by atoms with Crippen molar-refractivity contribution in [2.24, 2.45) is 0 Å². The summed E-state index contributed by atoms with van der Waals surface area (Å²) in [7, 11) is 0. The van der Waals surface area contributed by atoms with Gasteiger partial charge in [-0.2, -0.15) is 5.10 Å². The van der Waals surface area contributed by atoms with Gasteiger partial charge in [-0.3, -0.25) is 9.48 Å². The van der Waals surface area contributed by atoms with Crippen LogP contribution in [0, 0.1) is 0 Å². The molecule has 7 heteroatoms. The number of hydrogen-bond donors (Lipinski definition) is 1. The first-order chi connectivity index (χ1) is 6.61. The van der Waals surface area contributed by atoms with Crippen molar-refractivity contribution in [3.63, 3.8) is 0 Å². The standard InChI is InChI=1S/C7H8ClF2N3O/c8-1-7(14)12-5-2-11-13(3-5)4-6(9)10/h2-3,6H,1,4H2,(H,12,14). The van der Waals surface area contributed by atoms with Crippen LogP contribution in [0.25, 0.3) is 0 Å². The van der Waals surface area contributed by atoms with Crippen molar-refractivity contribution < 1.29 is 13.6 Å². The summed E-state index contributed by atoms with van der Waals surface area (Å²) in [5.41, 5.74) is 0.358. The average molecular weight is 224 g/mol. The maximum Gasteiger partial charge on any atom is 0.257 e. The summed E-state index contributed by atoms with van der Waals surface area (Å²) in [5, 5.41) is 6.01. The molecule has 1 heterocycles. The molecular weight excluding hydrogens is 216 g/mol. The van der Waals surface area contributed by atoms with Crippen LogP contribution in [0.1, 0.15) is 0 Å². The number of rotatable bonds is 4. The van der Waals surface area contributed by atoms with Gasteiger partial charge in [0.05, 0.1) is 11.9 Å². The summed E-state index contributed by atoms with van der Waals surface area (Å²) in [6.07, 6.45) is 0.134. The maximum absolute atomic E-state index is 11.9. The molecule has 0 saturated heterocycles. The number of nitrogens with one attached hydrogen (secondary N) is 1. The lowest BCUT2D eigenvalue weighted by atomic mass is 10.5. The van der Waals surface area contributed by atoms with Crippen LogP contribution in [0.5, 0.6) is 0 Å². The van der Waals surface area contributed by atoms with E-state index in [-0.39, 0.29) is 5.88 Å². The average Bonchev–Trinajstić information content (AvgIpc) is 2.51. The molecule has 0 aromatic carbocycles. The summed E-state index contributed by atoms with van der Waals surface area (Å²) < 4.78 is 24.8. The Balaban J connectivity index is 2.55. The third kappa shape index (κ3) is 3.29. The lowest BCUT2D eigenvalue weighted by molar-refractivity contribution is -0.113. The second kappa shape index (κ2) is 4.90. The quantitative estimate of drug-likeness (QED) is 0.783. The van der Waals surface area contributed by atoms with E-state index in [1.54, 1.807) is 0 Å². The van der Waals surface area contributed by atoms with Gasteiger partial charge in [-0.05, 0) is 0 Å². The number of aromatic nitrogens is 2. The highest BCUT2D eigenvalue weighted by Crippen LogP contribution is 2.06. The van der Waals surface area contributed by atoms with Gasteiger partial charge in [0, 0.05) is 6.20 Å². The van der Waals surface area contributed by atoms with Crippen LogP contribution in [0.2, 0.25) is 0 Å². The molecule has 0 aliphatic heterocycles. The first kappa shape index (κ1) is 10.9. The largest absolute Gasteiger partial charge is 0.322 e. The lowest BCUT2D eigenvalue weighted by Gasteiger charge is -1.98. The van der Waals surface area contributed by atoms with Crippen LogP contribution in [-0.4, -0.2) is 28.0 Å². The highest BCUT2D eigenvalue weighted by atomic mass is 35.5. The predicted molar refractivity (Wildman–Crippen MR) is 47.6 cm³/mol. The lowest BCUT2D eigenvalue weighted by Crippen LogP contribution is -2.12. The number of amides is 1. The predicted octanol–water partition coefficient (Wildman–Crippen LogP) is 1.33. The molecular formula is C7H8ClF2N3O. The van der Waals surface area contributed by atoms with Crippen molar-refractivity contribution in [2.45, 2.75) is 13.0 Å². The van der Waals surface area contributed by atoms with E-state index in [1.165, 1.54) is 12.4 Å². The van der Waals surface area contributed by atoms with E-state index in [0.29, 0.717) is 5.69 Å². The molecule has 1 rings (SSSR count). The molecule has 0 saturated carbocycles. The van der Waals surface area contributed by atoms with Crippen LogP contribution < -0.4 is 5.32 Å². The molecule has 1 aromatic heterocycles. The molecule has 0 aliphatic rings. The minimum atomic E-state index is -2.47. The Hall–Kier alpha value is -1.17. The van der Waals surface area contributed by atoms with Crippen LogP contribution in [0.4, 0.5) is 14.5 Å². The number of halogens is 3. The molecule has 4 nitrogen and oxygen atoms in total. The van der Waals surface area contributed by atoms with Crippen molar-refractivity contribution in [3.05, 3.63) is 12.4 Å². The zero-order valence-corrected chi connectivity index (χ0v) is 7.84. The monoisotopic (exact) mass is 223 g/mol. The second-order valence-corrected chi connectivity index (χ2v) is 2.79. The van der Waals surface area contributed by atoms with Crippen molar-refractivity contribution in [1.29, 1.82) is 0 Å². The van der Waals surface area contributed by atoms with Crippen molar-refractivity contribution in [1.82, 2.24) is 9.78 Å². The Kier molecular flexibility index (Phi) is 3.82. The molecule has 1 amide bonds. The van der Waals surface area contributed by atoms with E-state index >= 15 is 0 Å². The summed E-state index contributed by atoms with van der Waals surface area (Å²) in [6.45, 7) is -0.489. The van der Waals surface area contributed by atoms with Crippen LogP contribution in [0.15, 0.2) is 12.4 Å². The van der Waals surface area contributed by atoms with Gasteiger partial charge >= 0.3 is 0 Å². The number of alkyl halides is 3. The topological polar surface area (TPSA) is 46.9 Å². The zero-order chi connectivity index (χ0) is 10.6. The molecule has 0 bridgehead atoms. The Bertz CT molecular complexity index is 316. The highest BCUT2D eigenvalue weighted by molar-refractivity contribution is 6.29. The number of hydrogen-bond acceptors (Lipinski definition) is 2. The summed E-state index contributed by atoms with van der Waals surface area (Å²) in [4.78, 5) is 10.8. The first-order valence-electron chi connectivity index (χ1n) is 3.78. The van der Waals surface area contributed by atoms with E-state index in [4.69, 9.17) is 11.6 Å². The molecule has 14 heavy (non-hydrogen) atoms. The van der Waals surface area contributed by atoms with Gasteiger partial charge < -0.3 is 5.32 Å². The van der Waals surface area contributed by atoms with E-state index in [9.17, 15) is 13.6 Å². The molecule has 0 atom stereocenters. The molecule has 1 aromatic rings. The normalized spacial score (nSPS) is 10.6. The zero-order valence-electron chi connectivity index (χ0n) is 7.08. The molecule has 0 fully saturated rings. The van der Waals surface area contributed by atoms with Crippen molar-refractivity contribution in [2.75, 3.05) is 11.2 Å². The molecule has 0 spiro atoms. The molecule has 1 N–H and O–H groups in total. The minimum Gasteiger partial charge on any atom is -0.322 e. The Morgan fingerprint density at radius 3 is 3.00 bits per heavy atom. The van der Waals surface area contributed by atoms with Gasteiger partial charge in [-0.15, -0.1) is 11.6 Å². The van der Waals surface area contributed by atoms with Gasteiger partial charge in [0.25, 0.3) is 6.43 Å². The fraction of sp³-hybridized carbons (Fsp3) is 0.429. The third-order valence-corrected chi connectivity index (χ3v) is 1.61. The first-order valence-corrected chi connectivity index (χ1v) is 4.31.